The van der Waals surface area contributed by atoms with Gasteiger partial charge >= 0.3 is 5.97 Å². The van der Waals surface area contributed by atoms with E-state index in [1.165, 1.54) is 13.8 Å². The molecule has 7 heteroatoms. The molecule has 0 spiro atoms. The van der Waals surface area contributed by atoms with Crippen molar-refractivity contribution in [3.8, 4) is 0 Å². The van der Waals surface area contributed by atoms with Gasteiger partial charge in [0.25, 0.3) is 0 Å². The summed E-state index contributed by atoms with van der Waals surface area (Å²) in [5.41, 5.74) is -0.717. The zero-order valence-electron chi connectivity index (χ0n) is 10.6. The molecule has 2 N–H and O–H groups in total. The zero-order chi connectivity index (χ0) is 14.8. The number of halogens is 1. The molecule has 1 rings (SSSR count). The van der Waals surface area contributed by atoms with Crippen LogP contribution in [0.5, 0.6) is 0 Å². The summed E-state index contributed by atoms with van der Waals surface area (Å²) in [4.78, 5) is 10.6. The normalized spacial score (nSPS) is 13.3. The second-order valence-corrected chi connectivity index (χ2v) is 6.47. The lowest BCUT2D eigenvalue weighted by molar-refractivity contribution is 0.0691. The maximum absolute atomic E-state index is 13.5. The number of sulfone groups is 1. The summed E-state index contributed by atoms with van der Waals surface area (Å²) in [6, 6.07) is 1.90. The summed E-state index contributed by atoms with van der Waals surface area (Å²) in [7, 11) is -3.74. The van der Waals surface area contributed by atoms with Gasteiger partial charge < -0.3 is 10.2 Å². The molecule has 0 amide bonds. The number of carboxylic acids is 1. The zero-order valence-corrected chi connectivity index (χ0v) is 11.4. The van der Waals surface area contributed by atoms with E-state index in [1.807, 2.05) is 0 Å². The summed E-state index contributed by atoms with van der Waals surface area (Å²) in [5.74, 6) is -2.79. The molecule has 19 heavy (non-hydrogen) atoms. The van der Waals surface area contributed by atoms with Crippen LogP contribution in [-0.2, 0) is 9.84 Å². The second-order valence-electron chi connectivity index (χ2n) is 4.36. The molecule has 0 aliphatic rings. The van der Waals surface area contributed by atoms with Crippen LogP contribution in [0.1, 0.15) is 29.3 Å². The molecule has 0 radical (unpaired) electrons. The quantitative estimate of drug-likeness (QED) is 0.799. The van der Waals surface area contributed by atoms with Crippen molar-refractivity contribution < 1.29 is 27.8 Å². The van der Waals surface area contributed by atoms with Gasteiger partial charge in [0, 0.05) is 0 Å². The fourth-order valence-corrected chi connectivity index (χ4v) is 3.06. The molecule has 1 unspecified atom stereocenters. The van der Waals surface area contributed by atoms with Crippen LogP contribution in [0, 0.1) is 12.7 Å². The van der Waals surface area contributed by atoms with Gasteiger partial charge in [0.05, 0.1) is 22.3 Å². The van der Waals surface area contributed by atoms with E-state index in [2.05, 4.69) is 0 Å². The number of aryl methyl sites for hydroxylation is 1. The number of carboxylic acid groups (broad SMARTS) is 1. The van der Waals surface area contributed by atoms with Crippen LogP contribution in [0.25, 0.3) is 0 Å². The Hall–Kier alpha value is -1.47. The summed E-state index contributed by atoms with van der Waals surface area (Å²) in [5, 5.41) is 17.9. The van der Waals surface area contributed by atoms with Crippen LogP contribution in [0.15, 0.2) is 17.0 Å². The Morgan fingerprint density at radius 2 is 2.00 bits per heavy atom. The van der Waals surface area contributed by atoms with E-state index >= 15 is 0 Å². The van der Waals surface area contributed by atoms with E-state index in [0.29, 0.717) is 0 Å². The predicted octanol–water partition coefficient (Wildman–Crippen LogP) is 1.38. The molecule has 0 fully saturated rings. The predicted molar refractivity (Wildman–Crippen MR) is 66.4 cm³/mol. The van der Waals surface area contributed by atoms with Crippen LogP contribution in [0.4, 0.5) is 4.39 Å². The van der Waals surface area contributed by atoms with E-state index in [0.717, 1.165) is 12.1 Å². The Balaban J connectivity index is 3.25. The number of benzene rings is 1. The third-order valence-corrected chi connectivity index (χ3v) is 4.35. The highest BCUT2D eigenvalue weighted by molar-refractivity contribution is 7.91. The van der Waals surface area contributed by atoms with Crippen molar-refractivity contribution in [3.63, 3.8) is 0 Å². The number of aliphatic hydroxyl groups is 1. The minimum Gasteiger partial charge on any atom is -0.478 e. The number of hydrogen-bond donors (Lipinski definition) is 2. The van der Waals surface area contributed by atoms with Crippen LogP contribution < -0.4 is 0 Å². The molecule has 5 nitrogen and oxygen atoms in total. The SMILES string of the molecule is Cc1cc(S(=O)(=O)CCC(C)O)cc(C(=O)O)c1F. The topological polar surface area (TPSA) is 91.7 Å². The van der Waals surface area contributed by atoms with Crippen LogP contribution >= 0.6 is 0 Å². The van der Waals surface area contributed by atoms with Crippen molar-refractivity contribution in [2.45, 2.75) is 31.3 Å². The highest BCUT2D eigenvalue weighted by Gasteiger charge is 2.21. The number of aromatic carboxylic acids is 1. The lowest BCUT2D eigenvalue weighted by Gasteiger charge is -2.09. The fraction of sp³-hybridized carbons (Fsp3) is 0.417. The third-order valence-electron chi connectivity index (χ3n) is 2.62. The molecule has 0 saturated carbocycles. The number of rotatable bonds is 5. The lowest BCUT2D eigenvalue weighted by Crippen LogP contribution is -2.14. The van der Waals surface area contributed by atoms with Crippen molar-refractivity contribution in [3.05, 3.63) is 29.1 Å². The van der Waals surface area contributed by atoms with Gasteiger partial charge in [0.2, 0.25) is 0 Å². The highest BCUT2D eigenvalue weighted by Crippen LogP contribution is 2.21. The molecular weight excluding hydrogens is 275 g/mol. The number of hydrogen-bond acceptors (Lipinski definition) is 4. The Kier molecular flexibility index (Phi) is 4.65. The van der Waals surface area contributed by atoms with Gasteiger partial charge in [-0.3, -0.25) is 0 Å². The first-order valence-electron chi connectivity index (χ1n) is 5.59. The minimum atomic E-state index is -3.74. The molecule has 0 saturated heterocycles. The minimum absolute atomic E-state index is 0.0289. The van der Waals surface area contributed by atoms with Crippen LogP contribution in [-0.4, -0.2) is 36.5 Å². The van der Waals surface area contributed by atoms with Crippen molar-refractivity contribution in [1.29, 1.82) is 0 Å². The van der Waals surface area contributed by atoms with Crippen molar-refractivity contribution in [2.24, 2.45) is 0 Å². The summed E-state index contributed by atoms with van der Waals surface area (Å²) in [6.07, 6.45) is -0.753. The molecule has 106 valence electrons. The second kappa shape index (κ2) is 5.66. The van der Waals surface area contributed by atoms with Crippen molar-refractivity contribution in [1.82, 2.24) is 0 Å². The standard InChI is InChI=1S/C12H15FO5S/c1-7-5-9(6-10(11(7)13)12(15)16)19(17,18)4-3-8(2)14/h5-6,8,14H,3-4H2,1-2H3,(H,15,16). The molecule has 0 aromatic heterocycles. The van der Waals surface area contributed by atoms with Crippen LogP contribution in [0.2, 0.25) is 0 Å². The van der Waals surface area contributed by atoms with Crippen LogP contribution in [0.3, 0.4) is 0 Å². The van der Waals surface area contributed by atoms with Crippen molar-refractivity contribution >= 4 is 15.8 Å². The Morgan fingerprint density at radius 3 is 2.47 bits per heavy atom. The molecule has 0 aliphatic carbocycles. The summed E-state index contributed by atoms with van der Waals surface area (Å²) in [6.45, 7) is 2.75. The van der Waals surface area contributed by atoms with Gasteiger partial charge in [0.15, 0.2) is 9.84 Å². The first-order valence-corrected chi connectivity index (χ1v) is 7.24. The Morgan fingerprint density at radius 1 is 1.42 bits per heavy atom. The first-order chi connectivity index (χ1) is 8.65. The maximum Gasteiger partial charge on any atom is 0.338 e. The lowest BCUT2D eigenvalue weighted by atomic mass is 10.1. The molecule has 0 aliphatic heterocycles. The van der Waals surface area contributed by atoms with Gasteiger partial charge in [0.1, 0.15) is 5.82 Å². The average molecular weight is 290 g/mol. The van der Waals surface area contributed by atoms with Gasteiger partial charge in [-0.25, -0.2) is 17.6 Å². The molecule has 1 atom stereocenters. The first kappa shape index (κ1) is 15.6. The van der Waals surface area contributed by atoms with Gasteiger partial charge in [-0.2, -0.15) is 0 Å². The monoisotopic (exact) mass is 290 g/mol. The maximum atomic E-state index is 13.5. The van der Waals surface area contributed by atoms with E-state index in [4.69, 9.17) is 10.2 Å². The van der Waals surface area contributed by atoms with Gasteiger partial charge in [-0.05, 0) is 38.0 Å². The van der Waals surface area contributed by atoms with Crippen molar-refractivity contribution in [2.75, 3.05) is 5.75 Å². The smallest absolute Gasteiger partial charge is 0.338 e. The largest absolute Gasteiger partial charge is 0.478 e. The molecule has 0 heterocycles. The molecule has 1 aromatic rings. The van der Waals surface area contributed by atoms with E-state index in [9.17, 15) is 17.6 Å². The third kappa shape index (κ3) is 3.74. The molecule has 0 bridgehead atoms. The molecular formula is C12H15FO5S. The average Bonchev–Trinajstić information content (AvgIpc) is 2.29. The highest BCUT2D eigenvalue weighted by atomic mass is 32.2. The Bertz CT molecular complexity index is 592. The summed E-state index contributed by atoms with van der Waals surface area (Å²) >= 11 is 0. The summed E-state index contributed by atoms with van der Waals surface area (Å²) < 4.78 is 37.4. The Labute approximate surface area is 110 Å². The number of carbonyl (C=O) groups is 1. The van der Waals surface area contributed by atoms with Gasteiger partial charge in [-0.15, -0.1) is 0 Å². The molecule has 1 aromatic carbocycles. The fourth-order valence-electron chi connectivity index (χ4n) is 1.52. The van der Waals surface area contributed by atoms with E-state index < -0.39 is 33.3 Å². The van der Waals surface area contributed by atoms with E-state index in [1.54, 1.807) is 0 Å². The van der Waals surface area contributed by atoms with Gasteiger partial charge in [-0.1, -0.05) is 0 Å². The number of aliphatic hydroxyl groups excluding tert-OH is 1. The van der Waals surface area contributed by atoms with E-state index in [-0.39, 0.29) is 22.6 Å².